The Balaban J connectivity index is 1.61. The quantitative estimate of drug-likeness (QED) is 0.774. The Kier molecular flexibility index (Phi) is 2.90. The van der Waals surface area contributed by atoms with E-state index in [1.54, 1.807) is 6.07 Å². The van der Waals surface area contributed by atoms with E-state index < -0.39 is 0 Å². The first-order valence-corrected chi connectivity index (χ1v) is 7.28. The number of pyridine rings is 1. The van der Waals surface area contributed by atoms with Crippen molar-refractivity contribution in [2.45, 2.75) is 25.7 Å². The largest absolute Gasteiger partial charge is 0.336 e. The maximum Gasteiger partial charge on any atom is 0.277 e. The molecule has 1 aliphatic rings. The fraction of sp³-hybridized carbons (Fsp3) is 0.286. The highest BCUT2D eigenvalue weighted by molar-refractivity contribution is 6.34. The number of amides is 1. The first-order valence-electron chi connectivity index (χ1n) is 6.90. The number of carbonyl (C=O) groups is 1. The van der Waals surface area contributed by atoms with Crippen LogP contribution < -0.4 is 5.32 Å². The lowest BCUT2D eigenvalue weighted by molar-refractivity contribution is 0.102. The smallest absolute Gasteiger partial charge is 0.277 e. The van der Waals surface area contributed by atoms with Crippen LogP contribution in [0.1, 0.15) is 40.6 Å². The highest BCUT2D eigenvalue weighted by Gasteiger charge is 2.30. The van der Waals surface area contributed by atoms with Gasteiger partial charge in [-0.1, -0.05) is 16.8 Å². The van der Waals surface area contributed by atoms with Crippen LogP contribution in [0.3, 0.4) is 0 Å². The topological polar surface area (TPSA) is 96.7 Å². The lowest BCUT2D eigenvalue weighted by atomic mass is 10.2. The summed E-state index contributed by atoms with van der Waals surface area (Å²) in [5.41, 5.74) is 2.73. The fourth-order valence-corrected chi connectivity index (χ4v) is 2.66. The summed E-state index contributed by atoms with van der Waals surface area (Å²) < 4.78 is 5.04. The Morgan fingerprint density at radius 3 is 3.09 bits per heavy atom. The van der Waals surface area contributed by atoms with Gasteiger partial charge in [-0.25, -0.2) is 4.98 Å². The minimum atomic E-state index is -0.372. The van der Waals surface area contributed by atoms with Crippen LogP contribution in [0.15, 0.2) is 16.8 Å². The van der Waals surface area contributed by atoms with Crippen LogP contribution in [-0.2, 0) is 0 Å². The molecule has 2 N–H and O–H groups in total. The zero-order chi connectivity index (χ0) is 15.3. The maximum atomic E-state index is 12.3. The summed E-state index contributed by atoms with van der Waals surface area (Å²) >= 11 is 6.23. The number of aromatic nitrogens is 4. The fourth-order valence-electron chi connectivity index (χ4n) is 2.34. The summed E-state index contributed by atoms with van der Waals surface area (Å²) in [6.45, 7) is 1.81. The molecule has 1 fully saturated rings. The third-order valence-electron chi connectivity index (χ3n) is 3.70. The Morgan fingerprint density at radius 1 is 1.50 bits per heavy atom. The lowest BCUT2D eigenvalue weighted by Gasteiger charge is -2.03. The van der Waals surface area contributed by atoms with Crippen molar-refractivity contribution in [3.8, 4) is 0 Å². The molecule has 3 aromatic heterocycles. The number of halogens is 1. The molecule has 0 radical (unpaired) electrons. The van der Waals surface area contributed by atoms with Gasteiger partial charge >= 0.3 is 0 Å². The molecule has 0 bridgehead atoms. The van der Waals surface area contributed by atoms with Crippen LogP contribution >= 0.6 is 11.6 Å². The van der Waals surface area contributed by atoms with Gasteiger partial charge in [0.15, 0.2) is 5.69 Å². The van der Waals surface area contributed by atoms with Crippen molar-refractivity contribution in [2.24, 2.45) is 0 Å². The van der Waals surface area contributed by atoms with Crippen LogP contribution in [0.25, 0.3) is 11.1 Å². The second-order valence-electron chi connectivity index (χ2n) is 5.37. The molecule has 0 aromatic carbocycles. The Bertz CT molecular complexity index is 881. The van der Waals surface area contributed by atoms with E-state index in [0.29, 0.717) is 28.0 Å². The Morgan fingerprint density at radius 2 is 2.32 bits per heavy atom. The second kappa shape index (κ2) is 4.81. The highest BCUT2D eigenvalue weighted by atomic mass is 35.5. The van der Waals surface area contributed by atoms with E-state index in [9.17, 15) is 4.79 Å². The lowest BCUT2D eigenvalue weighted by Crippen LogP contribution is -2.13. The van der Waals surface area contributed by atoms with Crippen LogP contribution in [0, 0.1) is 6.92 Å². The normalized spacial score (nSPS) is 14.5. The number of nitrogens with zero attached hydrogens (tertiary/aromatic N) is 3. The number of fused-ring (bicyclic) bond motifs is 1. The van der Waals surface area contributed by atoms with E-state index in [1.165, 1.54) is 6.20 Å². The number of nitrogens with one attached hydrogen (secondary N) is 2. The Labute approximate surface area is 130 Å². The first-order chi connectivity index (χ1) is 10.6. The molecular formula is C14H12ClN5O2. The molecule has 112 valence electrons. The van der Waals surface area contributed by atoms with Crippen molar-refractivity contribution >= 4 is 34.3 Å². The summed E-state index contributed by atoms with van der Waals surface area (Å²) in [6.07, 6.45) is 3.67. The Hall–Kier alpha value is -2.41. The van der Waals surface area contributed by atoms with E-state index >= 15 is 0 Å². The molecule has 7 nitrogen and oxygen atoms in total. The SMILES string of the molecule is Cc1noc2ncc(NC(=O)c3n[nH]c(C4CC4)c3Cl)cc12. The van der Waals surface area contributed by atoms with Gasteiger partial charge in [0, 0.05) is 5.92 Å². The average molecular weight is 318 g/mol. The molecule has 1 amide bonds. The summed E-state index contributed by atoms with van der Waals surface area (Å²) in [7, 11) is 0. The zero-order valence-corrected chi connectivity index (χ0v) is 12.4. The van der Waals surface area contributed by atoms with E-state index in [0.717, 1.165) is 23.9 Å². The van der Waals surface area contributed by atoms with Crippen LogP contribution in [-0.4, -0.2) is 26.2 Å². The van der Waals surface area contributed by atoms with Crippen LogP contribution in [0.4, 0.5) is 5.69 Å². The molecule has 1 aliphatic carbocycles. The number of carbonyl (C=O) groups excluding carboxylic acids is 1. The van der Waals surface area contributed by atoms with Gasteiger partial charge in [0.25, 0.3) is 11.6 Å². The molecule has 22 heavy (non-hydrogen) atoms. The molecule has 3 aromatic rings. The summed E-state index contributed by atoms with van der Waals surface area (Å²) in [5, 5.41) is 14.6. The van der Waals surface area contributed by atoms with Gasteiger partial charge in [-0.15, -0.1) is 0 Å². The van der Waals surface area contributed by atoms with Crippen molar-refractivity contribution in [1.82, 2.24) is 20.3 Å². The van der Waals surface area contributed by atoms with E-state index in [-0.39, 0.29) is 11.6 Å². The molecule has 0 unspecified atom stereocenters. The van der Waals surface area contributed by atoms with Crippen molar-refractivity contribution in [3.63, 3.8) is 0 Å². The predicted molar refractivity (Wildman–Crippen MR) is 80.1 cm³/mol. The van der Waals surface area contributed by atoms with Crippen LogP contribution in [0.2, 0.25) is 5.02 Å². The van der Waals surface area contributed by atoms with Crippen molar-refractivity contribution in [3.05, 3.63) is 34.4 Å². The highest BCUT2D eigenvalue weighted by Crippen LogP contribution is 2.42. The van der Waals surface area contributed by atoms with Crippen molar-refractivity contribution in [2.75, 3.05) is 5.32 Å². The third kappa shape index (κ3) is 2.14. The minimum absolute atomic E-state index is 0.200. The summed E-state index contributed by atoms with van der Waals surface area (Å²) in [5.74, 6) is 0.0302. The van der Waals surface area contributed by atoms with Crippen molar-refractivity contribution in [1.29, 1.82) is 0 Å². The molecule has 0 saturated heterocycles. The molecule has 3 heterocycles. The van der Waals surface area contributed by atoms with Gasteiger partial charge in [0.05, 0.1) is 33.7 Å². The molecule has 8 heteroatoms. The maximum absolute atomic E-state index is 12.3. The number of rotatable bonds is 3. The molecule has 0 spiro atoms. The number of hydrogen-bond donors (Lipinski definition) is 2. The molecule has 0 aliphatic heterocycles. The van der Waals surface area contributed by atoms with E-state index in [1.807, 2.05) is 6.92 Å². The predicted octanol–water partition coefficient (Wildman–Crippen LogP) is 3.04. The number of aromatic amines is 1. The van der Waals surface area contributed by atoms with Gasteiger partial charge in [-0.3, -0.25) is 9.89 Å². The molecule has 0 atom stereocenters. The first kappa shape index (κ1) is 13.3. The van der Waals surface area contributed by atoms with Gasteiger partial charge in [0.2, 0.25) is 0 Å². The average Bonchev–Trinajstić information content (AvgIpc) is 3.18. The summed E-state index contributed by atoms with van der Waals surface area (Å²) in [6, 6.07) is 1.76. The molecular weight excluding hydrogens is 306 g/mol. The molecule has 4 rings (SSSR count). The third-order valence-corrected chi connectivity index (χ3v) is 4.08. The zero-order valence-electron chi connectivity index (χ0n) is 11.7. The van der Waals surface area contributed by atoms with Crippen molar-refractivity contribution < 1.29 is 9.32 Å². The monoisotopic (exact) mass is 317 g/mol. The minimum Gasteiger partial charge on any atom is -0.336 e. The number of anilines is 1. The second-order valence-corrected chi connectivity index (χ2v) is 5.75. The summed E-state index contributed by atoms with van der Waals surface area (Å²) in [4.78, 5) is 16.4. The van der Waals surface area contributed by atoms with Gasteiger partial charge in [-0.2, -0.15) is 5.10 Å². The number of H-pyrrole nitrogens is 1. The number of hydrogen-bond acceptors (Lipinski definition) is 5. The number of aryl methyl sites for hydroxylation is 1. The van der Waals surface area contributed by atoms with E-state index in [4.69, 9.17) is 16.1 Å². The molecule has 1 saturated carbocycles. The van der Waals surface area contributed by atoms with Gasteiger partial charge < -0.3 is 9.84 Å². The van der Waals surface area contributed by atoms with Gasteiger partial charge in [0.1, 0.15) is 0 Å². The van der Waals surface area contributed by atoms with E-state index in [2.05, 4.69) is 25.7 Å². The standard InChI is InChI=1S/C14H12ClN5O2/c1-6-9-4-8(5-16-14(9)22-20-6)17-13(21)12-10(15)11(18-19-12)7-2-3-7/h4-5,7H,2-3H2,1H3,(H,17,21)(H,18,19). The van der Waals surface area contributed by atoms with Gasteiger partial charge in [-0.05, 0) is 25.8 Å². The van der Waals surface area contributed by atoms with Crippen LogP contribution in [0.5, 0.6) is 0 Å².